The van der Waals surface area contributed by atoms with E-state index >= 15 is 0 Å². The van der Waals surface area contributed by atoms with Gasteiger partial charge in [-0.3, -0.25) is 4.68 Å². The van der Waals surface area contributed by atoms with Gasteiger partial charge in [-0.05, 0) is 47.9 Å². The van der Waals surface area contributed by atoms with Crippen LogP contribution in [0.2, 0.25) is 0 Å². The van der Waals surface area contributed by atoms with Crippen LogP contribution in [0, 0.1) is 26.0 Å². The number of allylic oxidation sites excluding steroid dienone is 1. The van der Waals surface area contributed by atoms with Crippen molar-refractivity contribution in [2.24, 2.45) is 0 Å². The fourth-order valence-corrected chi connectivity index (χ4v) is 4.04. The van der Waals surface area contributed by atoms with Crippen molar-refractivity contribution in [2.45, 2.75) is 13.8 Å². The number of rotatable bonds is 8. The molecule has 0 saturated heterocycles. The number of hydrogen-bond donors (Lipinski definition) is 1. The van der Waals surface area contributed by atoms with Gasteiger partial charge in [0.15, 0.2) is 0 Å². The minimum Gasteiger partial charge on any atom is -0.810 e. The first-order valence-corrected chi connectivity index (χ1v) is 12.0. The SMILES string of the molecule is Cc1cc(C)n(-c2[c-]c(Oc3[c-]c(N/C=C(\C=[N-])c4ccc(-c5ccccc5)cc4)ccc3)ccc2)n1.[Pt]. The van der Waals surface area contributed by atoms with E-state index in [9.17, 15) is 5.41 Å². The normalized spacial score (nSPS) is 10.9. The zero-order valence-electron chi connectivity index (χ0n) is 21.0. The molecule has 0 spiro atoms. The van der Waals surface area contributed by atoms with Crippen LogP contribution in [0.15, 0.2) is 103 Å². The Morgan fingerprint density at radius 2 is 1.53 bits per heavy atom. The van der Waals surface area contributed by atoms with Crippen molar-refractivity contribution < 1.29 is 25.8 Å². The summed E-state index contributed by atoms with van der Waals surface area (Å²) in [5.41, 5.74) is 7.28. The van der Waals surface area contributed by atoms with Crippen LogP contribution in [0.4, 0.5) is 5.69 Å². The minimum atomic E-state index is 0. The molecule has 1 aromatic heterocycles. The van der Waals surface area contributed by atoms with Crippen LogP contribution < -0.4 is 10.1 Å². The molecule has 38 heavy (non-hydrogen) atoms. The molecule has 5 aromatic rings. The molecule has 0 saturated carbocycles. The van der Waals surface area contributed by atoms with Gasteiger partial charge in [0.2, 0.25) is 0 Å². The maximum absolute atomic E-state index is 9.85. The monoisotopic (exact) mass is 676 g/mol. The number of nitrogens with zero attached hydrogens (tertiary/aromatic N) is 3. The van der Waals surface area contributed by atoms with Gasteiger partial charge >= 0.3 is 0 Å². The summed E-state index contributed by atoms with van der Waals surface area (Å²) in [6, 6.07) is 38.0. The third-order valence-corrected chi connectivity index (χ3v) is 5.83. The van der Waals surface area contributed by atoms with Crippen molar-refractivity contribution in [3.63, 3.8) is 0 Å². The third kappa shape index (κ3) is 6.37. The standard InChI is InChI=1S/C32H25N4O.Pt/c1-23-18-24(2)36(35-23)30-11-7-13-32(20-30)37-31-12-6-10-29(19-31)34-22-28(21-33)27-16-14-26(15-17-27)25-8-4-3-5-9-25;/h3-18,21-22,34H,1-2H3;/q-3;/b28-22+;. The van der Waals surface area contributed by atoms with Gasteiger partial charge in [0.05, 0.1) is 5.69 Å². The summed E-state index contributed by atoms with van der Waals surface area (Å²) in [5.74, 6) is 1.11. The van der Waals surface area contributed by atoms with Crippen LogP contribution in [-0.4, -0.2) is 16.0 Å². The zero-order chi connectivity index (χ0) is 25.6. The van der Waals surface area contributed by atoms with Crippen LogP contribution in [-0.2, 0) is 21.1 Å². The molecule has 0 unspecified atom stereocenters. The van der Waals surface area contributed by atoms with E-state index in [0.29, 0.717) is 22.8 Å². The summed E-state index contributed by atoms with van der Waals surface area (Å²) in [4.78, 5) is 0. The van der Waals surface area contributed by atoms with Crippen molar-refractivity contribution in [2.75, 3.05) is 5.32 Å². The number of hydrogen-bond acceptors (Lipinski definition) is 3. The van der Waals surface area contributed by atoms with Crippen LogP contribution in [0.3, 0.4) is 0 Å². The van der Waals surface area contributed by atoms with Gasteiger partial charge in [-0.1, -0.05) is 60.3 Å². The first-order chi connectivity index (χ1) is 18.1. The van der Waals surface area contributed by atoms with Gasteiger partial charge in [0.1, 0.15) is 0 Å². The molecule has 5 nitrogen and oxygen atoms in total. The summed E-state index contributed by atoms with van der Waals surface area (Å²) in [5, 5.41) is 17.6. The van der Waals surface area contributed by atoms with Crippen LogP contribution >= 0.6 is 0 Å². The molecule has 0 bridgehead atoms. The van der Waals surface area contributed by atoms with E-state index in [-0.39, 0.29) is 21.1 Å². The van der Waals surface area contributed by atoms with Crippen LogP contribution in [0.5, 0.6) is 11.5 Å². The summed E-state index contributed by atoms with van der Waals surface area (Å²) >= 11 is 0. The molecular formula is C32H25N4OPt-3. The maximum Gasteiger partial charge on any atom is 0.0600 e. The fourth-order valence-electron chi connectivity index (χ4n) is 4.04. The van der Waals surface area contributed by atoms with Gasteiger partial charge in [0, 0.05) is 44.5 Å². The number of benzene rings is 4. The number of nitrogens with one attached hydrogen (secondary N) is 1. The van der Waals surface area contributed by atoms with Crippen molar-refractivity contribution in [1.82, 2.24) is 9.78 Å². The zero-order valence-corrected chi connectivity index (χ0v) is 23.2. The summed E-state index contributed by atoms with van der Waals surface area (Å²) in [6.07, 6.45) is 2.83. The van der Waals surface area contributed by atoms with E-state index < -0.39 is 0 Å². The van der Waals surface area contributed by atoms with Gasteiger partial charge < -0.3 is 15.5 Å². The van der Waals surface area contributed by atoms with E-state index in [2.05, 4.69) is 34.7 Å². The van der Waals surface area contributed by atoms with Gasteiger partial charge in [-0.25, -0.2) is 0 Å². The van der Waals surface area contributed by atoms with Crippen molar-refractivity contribution >= 4 is 17.5 Å². The number of anilines is 1. The molecule has 0 amide bonds. The molecule has 0 fully saturated rings. The largest absolute Gasteiger partial charge is 0.810 e. The Labute approximate surface area is 237 Å². The predicted octanol–water partition coefficient (Wildman–Crippen LogP) is 7.64. The van der Waals surface area contributed by atoms with Gasteiger partial charge in [0.25, 0.3) is 0 Å². The average molecular weight is 677 g/mol. The maximum atomic E-state index is 9.85. The summed E-state index contributed by atoms with van der Waals surface area (Å²) in [6.45, 7) is 3.97. The van der Waals surface area contributed by atoms with E-state index in [1.54, 1.807) is 6.20 Å². The first kappa shape index (κ1) is 26.8. The number of ether oxygens (including phenoxy) is 1. The number of aromatic nitrogens is 2. The Hall–Kier alpha value is -4.21. The molecule has 0 atom stereocenters. The second-order valence-electron chi connectivity index (χ2n) is 8.59. The van der Waals surface area contributed by atoms with Gasteiger partial charge in [-0.15, -0.1) is 36.4 Å². The summed E-state index contributed by atoms with van der Waals surface area (Å²) in [7, 11) is 0. The topological polar surface area (TPSA) is 61.4 Å². The molecule has 6 heteroatoms. The summed E-state index contributed by atoms with van der Waals surface area (Å²) < 4.78 is 7.87. The van der Waals surface area contributed by atoms with Crippen molar-refractivity contribution in [3.8, 4) is 28.3 Å². The quantitative estimate of drug-likeness (QED) is 0.136. The van der Waals surface area contributed by atoms with E-state index in [1.807, 2.05) is 103 Å². The Morgan fingerprint density at radius 3 is 2.21 bits per heavy atom. The molecule has 0 aliphatic heterocycles. The second-order valence-corrected chi connectivity index (χ2v) is 8.59. The molecule has 1 heterocycles. The Morgan fingerprint density at radius 1 is 0.842 bits per heavy atom. The minimum absolute atomic E-state index is 0. The van der Waals surface area contributed by atoms with Crippen molar-refractivity contribution in [1.29, 1.82) is 0 Å². The third-order valence-electron chi connectivity index (χ3n) is 5.83. The first-order valence-electron chi connectivity index (χ1n) is 12.0. The number of aryl methyl sites for hydroxylation is 2. The van der Waals surface area contributed by atoms with E-state index in [0.717, 1.165) is 40.0 Å². The van der Waals surface area contributed by atoms with Gasteiger partial charge in [-0.2, -0.15) is 23.4 Å². The average Bonchev–Trinajstić information content (AvgIpc) is 3.28. The predicted molar refractivity (Wildman–Crippen MR) is 150 cm³/mol. The smallest absolute Gasteiger partial charge is 0.0600 e. The van der Waals surface area contributed by atoms with E-state index in [1.165, 1.54) is 0 Å². The molecule has 4 aromatic carbocycles. The molecule has 5 rings (SSSR count). The van der Waals surface area contributed by atoms with Crippen molar-refractivity contribution in [3.05, 3.63) is 138 Å². The molecule has 0 aliphatic rings. The Kier molecular flexibility index (Phi) is 8.73. The molecular weight excluding hydrogens is 651 g/mol. The Bertz CT molecular complexity index is 1560. The molecule has 1 N–H and O–H groups in total. The Balaban J connectivity index is 0.00000336. The van der Waals surface area contributed by atoms with Crippen LogP contribution in [0.25, 0.3) is 27.8 Å². The molecule has 192 valence electrons. The fraction of sp³-hybridized carbons (Fsp3) is 0.0625. The molecule has 0 radical (unpaired) electrons. The molecule has 0 aliphatic carbocycles. The second kappa shape index (κ2) is 12.4. The van der Waals surface area contributed by atoms with Crippen LogP contribution in [0.1, 0.15) is 17.0 Å². The van der Waals surface area contributed by atoms with E-state index in [4.69, 9.17) is 4.74 Å².